The Balaban J connectivity index is 2.46. The molecule has 0 saturated heterocycles. The molecule has 1 aromatic rings. The summed E-state index contributed by atoms with van der Waals surface area (Å²) in [4.78, 5) is 6.04. The Hall–Kier alpha value is -0.870. The molecule has 0 atom stereocenters. The summed E-state index contributed by atoms with van der Waals surface area (Å²) in [7, 11) is 1.93. The van der Waals surface area contributed by atoms with Crippen molar-refractivity contribution in [3.8, 4) is 0 Å². The van der Waals surface area contributed by atoms with E-state index in [0.717, 1.165) is 18.0 Å². The number of nitrogens with zero attached hydrogens (tertiary/aromatic N) is 2. The summed E-state index contributed by atoms with van der Waals surface area (Å²) in [6, 6.07) is 0. The standard InChI is InChI=1S/C8H14N2O2/c1-7-8(9-6-12-7)5-10(2)3-4-11/h6,11H,3-5H2,1-2H3. The zero-order valence-electron chi connectivity index (χ0n) is 7.45. The Kier molecular flexibility index (Phi) is 3.25. The second-order valence-electron chi connectivity index (χ2n) is 2.82. The number of rotatable bonds is 4. The first-order valence-electron chi connectivity index (χ1n) is 3.92. The third-order valence-electron chi connectivity index (χ3n) is 1.75. The van der Waals surface area contributed by atoms with E-state index in [1.165, 1.54) is 6.39 Å². The van der Waals surface area contributed by atoms with E-state index in [1.807, 2.05) is 18.9 Å². The maximum atomic E-state index is 8.65. The number of aromatic nitrogens is 1. The lowest BCUT2D eigenvalue weighted by Crippen LogP contribution is -2.21. The summed E-state index contributed by atoms with van der Waals surface area (Å²) >= 11 is 0. The number of hydrogen-bond donors (Lipinski definition) is 1. The van der Waals surface area contributed by atoms with Crippen molar-refractivity contribution in [3.63, 3.8) is 0 Å². The predicted molar refractivity (Wildman–Crippen MR) is 44.7 cm³/mol. The van der Waals surface area contributed by atoms with E-state index >= 15 is 0 Å². The van der Waals surface area contributed by atoms with Gasteiger partial charge >= 0.3 is 0 Å². The lowest BCUT2D eigenvalue weighted by Gasteiger charge is -2.12. The number of aliphatic hydroxyl groups excluding tert-OH is 1. The van der Waals surface area contributed by atoms with Gasteiger partial charge in [-0.15, -0.1) is 0 Å². The van der Waals surface area contributed by atoms with Crippen LogP contribution in [0.2, 0.25) is 0 Å². The fourth-order valence-electron chi connectivity index (χ4n) is 0.986. The summed E-state index contributed by atoms with van der Waals surface area (Å²) in [6.07, 6.45) is 1.44. The lowest BCUT2D eigenvalue weighted by atomic mass is 10.3. The first kappa shape index (κ1) is 9.22. The molecule has 0 spiro atoms. The van der Waals surface area contributed by atoms with Crippen molar-refractivity contribution in [3.05, 3.63) is 17.8 Å². The second-order valence-corrected chi connectivity index (χ2v) is 2.82. The first-order valence-corrected chi connectivity index (χ1v) is 3.92. The van der Waals surface area contributed by atoms with Crippen LogP contribution in [0.25, 0.3) is 0 Å². The molecule has 4 heteroatoms. The van der Waals surface area contributed by atoms with Gasteiger partial charge in [0.25, 0.3) is 0 Å². The fourth-order valence-corrected chi connectivity index (χ4v) is 0.986. The van der Waals surface area contributed by atoms with Gasteiger partial charge in [0.1, 0.15) is 5.76 Å². The Morgan fingerprint density at radius 1 is 1.67 bits per heavy atom. The summed E-state index contributed by atoms with van der Waals surface area (Å²) in [5, 5.41) is 8.65. The first-order chi connectivity index (χ1) is 5.74. The third-order valence-corrected chi connectivity index (χ3v) is 1.75. The van der Waals surface area contributed by atoms with Gasteiger partial charge in [0.15, 0.2) is 6.39 Å². The normalized spacial score (nSPS) is 11.0. The second kappa shape index (κ2) is 4.23. The van der Waals surface area contributed by atoms with Gasteiger partial charge in [0.2, 0.25) is 0 Å². The minimum absolute atomic E-state index is 0.174. The molecular formula is C8H14N2O2. The molecule has 1 rings (SSSR count). The molecular weight excluding hydrogens is 156 g/mol. The van der Waals surface area contributed by atoms with Crippen LogP contribution in [0.1, 0.15) is 11.5 Å². The number of likely N-dealkylation sites (N-methyl/N-ethyl adjacent to an activating group) is 1. The van der Waals surface area contributed by atoms with Gasteiger partial charge in [-0.1, -0.05) is 0 Å². The molecule has 0 bridgehead atoms. The Labute approximate surface area is 71.8 Å². The highest BCUT2D eigenvalue weighted by atomic mass is 16.3. The minimum Gasteiger partial charge on any atom is -0.448 e. The van der Waals surface area contributed by atoms with Crippen LogP contribution in [-0.4, -0.2) is 35.2 Å². The van der Waals surface area contributed by atoms with Crippen LogP contribution in [0.4, 0.5) is 0 Å². The van der Waals surface area contributed by atoms with Gasteiger partial charge in [0.05, 0.1) is 12.3 Å². The van der Waals surface area contributed by atoms with Crippen molar-refractivity contribution < 1.29 is 9.52 Å². The zero-order valence-corrected chi connectivity index (χ0v) is 7.45. The van der Waals surface area contributed by atoms with Crippen LogP contribution in [0.3, 0.4) is 0 Å². The van der Waals surface area contributed by atoms with Gasteiger partial charge in [-0.2, -0.15) is 0 Å². The van der Waals surface area contributed by atoms with E-state index in [0.29, 0.717) is 6.54 Å². The highest BCUT2D eigenvalue weighted by Crippen LogP contribution is 2.06. The Bertz CT molecular complexity index is 235. The SMILES string of the molecule is Cc1ocnc1CN(C)CCO. The zero-order chi connectivity index (χ0) is 8.97. The van der Waals surface area contributed by atoms with Crippen LogP contribution in [0.15, 0.2) is 10.8 Å². The van der Waals surface area contributed by atoms with Crippen molar-refractivity contribution in [2.45, 2.75) is 13.5 Å². The maximum absolute atomic E-state index is 8.65. The molecule has 0 aliphatic carbocycles. The van der Waals surface area contributed by atoms with E-state index in [9.17, 15) is 0 Å². The van der Waals surface area contributed by atoms with Crippen molar-refractivity contribution in [1.82, 2.24) is 9.88 Å². The van der Waals surface area contributed by atoms with E-state index in [2.05, 4.69) is 4.98 Å². The van der Waals surface area contributed by atoms with Gasteiger partial charge in [0, 0.05) is 13.1 Å². The van der Waals surface area contributed by atoms with Gasteiger partial charge in [-0.3, -0.25) is 4.90 Å². The molecule has 1 N–H and O–H groups in total. The largest absolute Gasteiger partial charge is 0.448 e. The van der Waals surface area contributed by atoms with E-state index < -0.39 is 0 Å². The molecule has 68 valence electrons. The molecule has 4 nitrogen and oxygen atoms in total. The van der Waals surface area contributed by atoms with Gasteiger partial charge < -0.3 is 9.52 Å². The topological polar surface area (TPSA) is 49.5 Å². The van der Waals surface area contributed by atoms with Crippen molar-refractivity contribution in [2.75, 3.05) is 20.2 Å². The fraction of sp³-hybridized carbons (Fsp3) is 0.625. The summed E-state index contributed by atoms with van der Waals surface area (Å²) in [5.74, 6) is 0.847. The van der Waals surface area contributed by atoms with Crippen LogP contribution < -0.4 is 0 Å². The maximum Gasteiger partial charge on any atom is 0.181 e. The van der Waals surface area contributed by atoms with E-state index in [-0.39, 0.29) is 6.61 Å². The number of aryl methyl sites for hydroxylation is 1. The molecule has 0 radical (unpaired) electrons. The van der Waals surface area contributed by atoms with Crippen LogP contribution in [0.5, 0.6) is 0 Å². The van der Waals surface area contributed by atoms with Gasteiger partial charge in [-0.05, 0) is 14.0 Å². The smallest absolute Gasteiger partial charge is 0.181 e. The quantitative estimate of drug-likeness (QED) is 0.711. The van der Waals surface area contributed by atoms with E-state index in [1.54, 1.807) is 0 Å². The molecule has 0 aromatic carbocycles. The number of hydrogen-bond acceptors (Lipinski definition) is 4. The molecule has 12 heavy (non-hydrogen) atoms. The molecule has 0 saturated carbocycles. The number of aliphatic hydroxyl groups is 1. The minimum atomic E-state index is 0.174. The highest BCUT2D eigenvalue weighted by Gasteiger charge is 2.05. The lowest BCUT2D eigenvalue weighted by molar-refractivity contribution is 0.215. The number of oxazole rings is 1. The molecule has 0 aliphatic rings. The Morgan fingerprint density at radius 2 is 2.42 bits per heavy atom. The average Bonchev–Trinajstić information content (AvgIpc) is 2.37. The highest BCUT2D eigenvalue weighted by molar-refractivity contribution is 5.03. The molecule has 1 aromatic heterocycles. The van der Waals surface area contributed by atoms with Crippen LogP contribution >= 0.6 is 0 Å². The molecule has 0 amide bonds. The van der Waals surface area contributed by atoms with Crippen LogP contribution in [0, 0.1) is 6.92 Å². The monoisotopic (exact) mass is 170 g/mol. The van der Waals surface area contributed by atoms with Gasteiger partial charge in [-0.25, -0.2) is 4.98 Å². The van der Waals surface area contributed by atoms with Crippen molar-refractivity contribution in [1.29, 1.82) is 0 Å². The van der Waals surface area contributed by atoms with Crippen LogP contribution in [-0.2, 0) is 6.54 Å². The summed E-state index contributed by atoms with van der Waals surface area (Å²) in [6.45, 7) is 3.44. The molecule has 1 heterocycles. The van der Waals surface area contributed by atoms with Crippen molar-refractivity contribution >= 4 is 0 Å². The average molecular weight is 170 g/mol. The molecule has 0 unspecified atom stereocenters. The molecule has 0 aliphatic heterocycles. The van der Waals surface area contributed by atoms with E-state index in [4.69, 9.17) is 9.52 Å². The summed E-state index contributed by atoms with van der Waals surface area (Å²) < 4.78 is 5.04. The Morgan fingerprint density at radius 3 is 2.92 bits per heavy atom. The predicted octanol–water partition coefficient (Wildman–Crippen LogP) is 0.407. The third kappa shape index (κ3) is 2.32. The molecule has 0 fully saturated rings. The summed E-state index contributed by atoms with van der Waals surface area (Å²) in [5.41, 5.74) is 0.936. The van der Waals surface area contributed by atoms with Crippen molar-refractivity contribution in [2.24, 2.45) is 0 Å².